The Hall–Kier alpha value is -2.51. The molecule has 4 nitrogen and oxygen atoms in total. The molecule has 1 saturated carbocycles. The summed E-state index contributed by atoms with van der Waals surface area (Å²) < 4.78 is 10.9. The zero-order valence-electron chi connectivity index (χ0n) is 23.4. The summed E-state index contributed by atoms with van der Waals surface area (Å²) in [6.07, 6.45) is 11.6. The minimum absolute atomic E-state index is 0.0345. The lowest BCUT2D eigenvalue weighted by atomic mass is 9.67. The van der Waals surface area contributed by atoms with Crippen molar-refractivity contribution in [3.63, 3.8) is 0 Å². The van der Waals surface area contributed by atoms with Crippen molar-refractivity contribution in [2.45, 2.75) is 96.3 Å². The molecule has 0 N–H and O–H groups in total. The highest BCUT2D eigenvalue weighted by Gasteiger charge is 2.35. The fraction of sp³-hybridized carbons (Fsp3) is 0.576. The highest BCUT2D eigenvalue weighted by atomic mass is 35.5. The van der Waals surface area contributed by atoms with Crippen LogP contribution in [0.25, 0.3) is 11.1 Å². The van der Waals surface area contributed by atoms with Crippen LogP contribution in [0.1, 0.15) is 96.5 Å². The van der Waals surface area contributed by atoms with Gasteiger partial charge in [0.2, 0.25) is 0 Å². The molecule has 0 aliphatic heterocycles. The van der Waals surface area contributed by atoms with Crippen LogP contribution in [0.5, 0.6) is 5.75 Å². The topological polar surface area (TPSA) is 59.3 Å². The Morgan fingerprint density at radius 3 is 2.16 bits per heavy atom. The number of hydrogen-bond acceptors (Lipinski definition) is 4. The third kappa shape index (κ3) is 8.77. The largest absolute Gasteiger partial charge is 0.490 e. The van der Waals surface area contributed by atoms with Crippen molar-refractivity contribution in [2.24, 2.45) is 11.3 Å². The highest BCUT2D eigenvalue weighted by Crippen LogP contribution is 2.46. The van der Waals surface area contributed by atoms with E-state index >= 15 is 0 Å². The fourth-order valence-electron chi connectivity index (χ4n) is 5.33. The average molecular weight is 538 g/mol. The molecule has 1 unspecified atom stereocenters. The van der Waals surface area contributed by atoms with Gasteiger partial charge in [-0.2, -0.15) is 5.26 Å². The summed E-state index contributed by atoms with van der Waals surface area (Å²) in [5.41, 5.74) is 3.58. The molecule has 0 bridgehead atoms. The molecule has 0 radical (unpaired) electrons. The number of hydrogen-bond donors (Lipinski definition) is 0. The van der Waals surface area contributed by atoms with Crippen LogP contribution in [-0.2, 0) is 9.53 Å². The van der Waals surface area contributed by atoms with E-state index in [-0.39, 0.29) is 24.5 Å². The van der Waals surface area contributed by atoms with Gasteiger partial charge in [0, 0.05) is 0 Å². The number of ether oxygens (including phenoxy) is 2. The Balaban J connectivity index is 1.45. The van der Waals surface area contributed by atoms with Crippen LogP contribution in [0, 0.1) is 22.7 Å². The van der Waals surface area contributed by atoms with Crippen LogP contribution in [0.3, 0.4) is 0 Å². The number of nitrogens with zero attached hydrogens (tertiary/aromatic N) is 1. The van der Waals surface area contributed by atoms with Gasteiger partial charge in [0.05, 0.1) is 11.5 Å². The first-order chi connectivity index (χ1) is 18.4. The van der Waals surface area contributed by atoms with E-state index in [2.05, 4.69) is 37.3 Å². The van der Waals surface area contributed by atoms with Gasteiger partial charge in [-0.15, -0.1) is 11.6 Å². The van der Waals surface area contributed by atoms with Gasteiger partial charge in [0.25, 0.3) is 0 Å². The lowest BCUT2D eigenvalue weighted by molar-refractivity contribution is -0.144. The van der Waals surface area contributed by atoms with Crippen LogP contribution in [0.15, 0.2) is 48.5 Å². The van der Waals surface area contributed by atoms with E-state index in [0.717, 1.165) is 43.4 Å². The average Bonchev–Trinajstić information content (AvgIpc) is 2.95. The van der Waals surface area contributed by atoms with Crippen LogP contribution >= 0.6 is 11.6 Å². The molecule has 206 valence electrons. The molecule has 1 aliphatic rings. The van der Waals surface area contributed by atoms with Crippen LogP contribution in [0.4, 0.5) is 0 Å². The number of benzene rings is 2. The molecule has 5 heteroatoms. The second-order valence-corrected chi connectivity index (χ2v) is 11.6. The van der Waals surface area contributed by atoms with Gasteiger partial charge in [-0.1, -0.05) is 89.3 Å². The van der Waals surface area contributed by atoms with Crippen molar-refractivity contribution in [3.05, 3.63) is 54.1 Å². The minimum Gasteiger partial charge on any atom is -0.490 e. The van der Waals surface area contributed by atoms with E-state index in [1.807, 2.05) is 38.1 Å². The summed E-state index contributed by atoms with van der Waals surface area (Å²) in [7, 11) is 0. The molecule has 1 atom stereocenters. The third-order valence-corrected chi connectivity index (χ3v) is 8.60. The van der Waals surface area contributed by atoms with E-state index in [9.17, 15) is 10.1 Å². The van der Waals surface area contributed by atoms with Crippen molar-refractivity contribution in [1.29, 1.82) is 5.26 Å². The highest BCUT2D eigenvalue weighted by molar-refractivity contribution is 6.30. The zero-order chi connectivity index (χ0) is 27.4. The van der Waals surface area contributed by atoms with Crippen molar-refractivity contribution < 1.29 is 14.3 Å². The van der Waals surface area contributed by atoms with Crippen molar-refractivity contribution in [3.8, 4) is 22.9 Å². The van der Waals surface area contributed by atoms with Gasteiger partial charge < -0.3 is 9.47 Å². The SMILES string of the molecule is CCCCCCCC1(C#N)CCC(c2ccc(-c3ccc(OCCOC(=O)C(Cl)C(C)C)cc3)cc2)CC1. The molecule has 1 fully saturated rings. The minimum atomic E-state index is -0.630. The fourth-order valence-corrected chi connectivity index (χ4v) is 5.40. The smallest absolute Gasteiger partial charge is 0.324 e. The number of unbranched alkanes of at least 4 members (excludes halogenated alkanes) is 4. The number of esters is 1. The summed E-state index contributed by atoms with van der Waals surface area (Å²) in [5.74, 6) is 0.915. The molecule has 38 heavy (non-hydrogen) atoms. The Bertz CT molecular complexity index is 1020. The van der Waals surface area contributed by atoms with Crippen LogP contribution in [-0.4, -0.2) is 24.6 Å². The third-order valence-electron chi connectivity index (χ3n) is 7.92. The van der Waals surface area contributed by atoms with Crippen molar-refractivity contribution in [1.82, 2.24) is 0 Å². The zero-order valence-corrected chi connectivity index (χ0v) is 24.1. The first kappa shape index (κ1) is 30.0. The molecule has 0 heterocycles. The molecule has 2 aromatic rings. The molecular formula is C33H44ClNO3. The van der Waals surface area contributed by atoms with Crippen LogP contribution in [0.2, 0.25) is 0 Å². The number of halogens is 1. The second-order valence-electron chi connectivity index (χ2n) is 11.1. The van der Waals surface area contributed by atoms with E-state index in [0.29, 0.717) is 5.92 Å². The quantitative estimate of drug-likeness (QED) is 0.137. The number of carbonyl (C=O) groups is 1. The molecule has 2 aromatic carbocycles. The van der Waals surface area contributed by atoms with E-state index in [1.54, 1.807) is 0 Å². The Morgan fingerprint density at radius 2 is 1.58 bits per heavy atom. The lowest BCUT2D eigenvalue weighted by Crippen LogP contribution is -2.25. The summed E-state index contributed by atoms with van der Waals surface area (Å²) in [6.45, 7) is 6.48. The van der Waals surface area contributed by atoms with Crippen molar-refractivity contribution in [2.75, 3.05) is 13.2 Å². The molecular weight excluding hydrogens is 494 g/mol. The maximum absolute atomic E-state index is 11.8. The molecule has 3 rings (SSSR count). The number of nitriles is 1. The summed E-state index contributed by atoms with van der Waals surface area (Å²) in [6, 6.07) is 19.6. The second kappa shape index (κ2) is 15.2. The molecule has 0 saturated heterocycles. The van der Waals surface area contributed by atoms with E-state index in [4.69, 9.17) is 21.1 Å². The van der Waals surface area contributed by atoms with Gasteiger partial charge in [0.15, 0.2) is 0 Å². The first-order valence-corrected chi connectivity index (χ1v) is 14.9. The number of rotatable bonds is 14. The maximum Gasteiger partial charge on any atom is 0.324 e. The Labute approximate surface area is 234 Å². The summed E-state index contributed by atoms with van der Waals surface area (Å²) in [4.78, 5) is 11.8. The predicted octanol–water partition coefficient (Wildman–Crippen LogP) is 9.07. The normalized spacial score (nSPS) is 20.1. The van der Waals surface area contributed by atoms with Gasteiger partial charge in [0.1, 0.15) is 24.3 Å². The maximum atomic E-state index is 11.8. The van der Waals surface area contributed by atoms with Gasteiger partial charge in [-0.05, 0) is 72.8 Å². The van der Waals surface area contributed by atoms with Crippen LogP contribution < -0.4 is 4.74 Å². The lowest BCUT2D eigenvalue weighted by Gasteiger charge is -2.35. The molecule has 0 spiro atoms. The number of alkyl halides is 1. The van der Waals surface area contributed by atoms with Gasteiger partial charge in [-0.25, -0.2) is 0 Å². The summed E-state index contributed by atoms with van der Waals surface area (Å²) in [5, 5.41) is 9.29. The molecule has 1 aliphatic carbocycles. The monoisotopic (exact) mass is 537 g/mol. The van der Waals surface area contributed by atoms with Gasteiger partial charge in [-0.3, -0.25) is 4.79 Å². The van der Waals surface area contributed by atoms with E-state index < -0.39 is 11.3 Å². The Morgan fingerprint density at radius 1 is 0.974 bits per heavy atom. The summed E-state index contributed by atoms with van der Waals surface area (Å²) >= 11 is 6.01. The number of carbonyl (C=O) groups excluding carboxylic acids is 1. The molecule has 0 aromatic heterocycles. The van der Waals surface area contributed by atoms with E-state index in [1.165, 1.54) is 43.2 Å². The Kier molecular flexibility index (Phi) is 12.0. The van der Waals surface area contributed by atoms with Gasteiger partial charge >= 0.3 is 5.97 Å². The standard InChI is InChI=1S/C33H44ClNO3/c1-4-5-6-7-8-19-33(24-35)20-17-29(18-21-33)27-11-9-26(10-12-27)28-13-15-30(16-14-28)37-22-23-38-32(36)31(34)25(2)3/h9-16,25,29,31H,4-8,17-23H2,1-3H3. The van der Waals surface area contributed by atoms with Crippen molar-refractivity contribution >= 4 is 17.6 Å². The first-order valence-electron chi connectivity index (χ1n) is 14.4. The predicted molar refractivity (Wildman–Crippen MR) is 155 cm³/mol. The molecule has 0 amide bonds.